The highest BCUT2D eigenvalue weighted by atomic mass is 16.3. The van der Waals surface area contributed by atoms with Crippen LogP contribution in [0.25, 0.3) is 120 Å². The standard InChI is InChI=1S/C74H54N2O4/c1-73(2,3)47-17-21-49(22-18-47)75(53-27-31-59-69(41-53)77-63-33-15-43-11-7-9-13-55(43)71(59)63)51-25-29-57-61-35-45-36-62-58-30-26-52(40-68(58)80-66(62)38-46(45)37-65(61)79-67(57)39-51)76(50-23-19-48(20-24-50)74(4,5)6)54-28-32-60-70(42-54)78-64-34-16-44-12-8-10-14-56(44)72(60)64/h7-42H,1-6H3. The molecule has 0 saturated carbocycles. The van der Waals surface area contributed by atoms with Crippen LogP contribution in [0.1, 0.15) is 52.7 Å². The largest absolute Gasteiger partial charge is 0.456 e. The number of hydrogen-bond acceptors (Lipinski definition) is 6. The molecule has 80 heavy (non-hydrogen) atoms. The van der Waals surface area contributed by atoms with E-state index in [1.54, 1.807) is 0 Å². The molecule has 0 aliphatic heterocycles. The normalized spacial score (nSPS) is 12.6. The molecule has 6 nitrogen and oxygen atoms in total. The predicted octanol–water partition coefficient (Wildman–Crippen LogP) is 22.3. The van der Waals surface area contributed by atoms with Crippen molar-refractivity contribution in [3.8, 4) is 0 Å². The summed E-state index contributed by atoms with van der Waals surface area (Å²) in [5.74, 6) is 0. The summed E-state index contributed by atoms with van der Waals surface area (Å²) >= 11 is 0. The number of furan rings is 4. The lowest BCUT2D eigenvalue weighted by atomic mass is 9.87. The van der Waals surface area contributed by atoms with Crippen LogP contribution in [-0.4, -0.2) is 0 Å². The smallest absolute Gasteiger partial charge is 0.137 e. The third kappa shape index (κ3) is 7.25. The zero-order valence-corrected chi connectivity index (χ0v) is 45.3. The molecule has 4 aromatic heterocycles. The maximum absolute atomic E-state index is 6.84. The Morgan fingerprint density at radius 3 is 0.963 bits per heavy atom. The number of benzene rings is 12. The van der Waals surface area contributed by atoms with Crippen LogP contribution in [0.3, 0.4) is 0 Å². The van der Waals surface area contributed by atoms with Gasteiger partial charge in [-0.3, -0.25) is 0 Å². The van der Waals surface area contributed by atoms with E-state index in [0.717, 1.165) is 133 Å². The van der Waals surface area contributed by atoms with E-state index in [9.17, 15) is 0 Å². The first-order chi connectivity index (χ1) is 38.8. The third-order valence-corrected chi connectivity index (χ3v) is 16.7. The first kappa shape index (κ1) is 46.3. The predicted molar refractivity (Wildman–Crippen MR) is 335 cm³/mol. The quantitative estimate of drug-likeness (QED) is 0.165. The second kappa shape index (κ2) is 16.9. The molecule has 384 valence electrons. The molecule has 0 unspecified atom stereocenters. The third-order valence-electron chi connectivity index (χ3n) is 16.7. The van der Waals surface area contributed by atoms with Crippen LogP contribution in [0.15, 0.2) is 236 Å². The van der Waals surface area contributed by atoms with Crippen molar-refractivity contribution in [3.05, 3.63) is 230 Å². The van der Waals surface area contributed by atoms with Gasteiger partial charge in [-0.2, -0.15) is 0 Å². The van der Waals surface area contributed by atoms with Gasteiger partial charge < -0.3 is 27.5 Å². The maximum Gasteiger partial charge on any atom is 0.137 e. The fourth-order valence-electron chi connectivity index (χ4n) is 12.5. The van der Waals surface area contributed by atoms with E-state index in [1.165, 1.54) is 32.7 Å². The molecule has 0 spiro atoms. The molecule has 0 fully saturated rings. The topological polar surface area (TPSA) is 59.0 Å². The average Bonchev–Trinajstić information content (AvgIpc) is 4.32. The summed E-state index contributed by atoms with van der Waals surface area (Å²) in [6.07, 6.45) is 0. The van der Waals surface area contributed by atoms with Gasteiger partial charge in [-0.25, -0.2) is 0 Å². The zero-order chi connectivity index (χ0) is 53.8. The van der Waals surface area contributed by atoms with Gasteiger partial charge in [-0.05, 0) is 163 Å². The number of anilines is 6. The van der Waals surface area contributed by atoms with Crippen molar-refractivity contribution in [2.45, 2.75) is 52.4 Å². The Labute approximate surface area is 461 Å². The van der Waals surface area contributed by atoms with E-state index in [-0.39, 0.29) is 10.8 Å². The van der Waals surface area contributed by atoms with E-state index in [0.29, 0.717) is 0 Å². The van der Waals surface area contributed by atoms with Crippen molar-refractivity contribution >= 4 is 154 Å². The Kier molecular flexibility index (Phi) is 9.76. The molecule has 6 heteroatoms. The van der Waals surface area contributed by atoms with Crippen molar-refractivity contribution in [3.63, 3.8) is 0 Å². The Morgan fingerprint density at radius 2 is 0.562 bits per heavy atom. The van der Waals surface area contributed by atoms with E-state index in [4.69, 9.17) is 17.7 Å². The van der Waals surface area contributed by atoms with Crippen LogP contribution >= 0.6 is 0 Å². The van der Waals surface area contributed by atoms with Crippen LogP contribution in [0, 0.1) is 0 Å². The molecule has 16 aromatic rings. The van der Waals surface area contributed by atoms with E-state index >= 15 is 0 Å². The molecule has 0 radical (unpaired) electrons. The van der Waals surface area contributed by atoms with Crippen LogP contribution in [0.4, 0.5) is 34.1 Å². The highest BCUT2D eigenvalue weighted by Crippen LogP contribution is 2.46. The van der Waals surface area contributed by atoms with Gasteiger partial charge in [0, 0.05) is 101 Å². The monoisotopic (exact) mass is 1030 g/mol. The van der Waals surface area contributed by atoms with Gasteiger partial charge in [0.25, 0.3) is 0 Å². The Hall–Kier alpha value is -9.78. The van der Waals surface area contributed by atoms with Crippen LogP contribution < -0.4 is 9.80 Å². The molecule has 0 amide bonds. The summed E-state index contributed by atoms with van der Waals surface area (Å²) < 4.78 is 26.9. The molecule has 12 aromatic carbocycles. The molecule has 4 heterocycles. The van der Waals surface area contributed by atoms with Crippen molar-refractivity contribution < 1.29 is 17.7 Å². The van der Waals surface area contributed by atoms with Gasteiger partial charge in [0.15, 0.2) is 0 Å². The highest BCUT2D eigenvalue weighted by molar-refractivity contribution is 6.21. The summed E-state index contributed by atoms with van der Waals surface area (Å²) in [5.41, 5.74) is 15.3. The van der Waals surface area contributed by atoms with Crippen LogP contribution in [0.2, 0.25) is 0 Å². The number of nitrogens with zero attached hydrogens (tertiary/aromatic N) is 2. The first-order valence-electron chi connectivity index (χ1n) is 27.6. The maximum atomic E-state index is 6.84. The Morgan fingerprint density at radius 1 is 0.237 bits per heavy atom. The van der Waals surface area contributed by atoms with Crippen molar-refractivity contribution in [2.75, 3.05) is 9.80 Å². The van der Waals surface area contributed by atoms with E-state index < -0.39 is 0 Å². The second-order valence-electron chi connectivity index (χ2n) is 23.8. The summed E-state index contributed by atoms with van der Waals surface area (Å²) in [6.45, 7) is 13.5. The van der Waals surface area contributed by atoms with E-state index in [1.807, 2.05) is 0 Å². The van der Waals surface area contributed by atoms with Crippen molar-refractivity contribution in [2.24, 2.45) is 0 Å². The minimum absolute atomic E-state index is 0.0161. The lowest BCUT2D eigenvalue weighted by Gasteiger charge is -2.27. The van der Waals surface area contributed by atoms with E-state index in [2.05, 4.69) is 270 Å². The SMILES string of the molecule is CC(C)(C)c1ccc(N(c2ccc3c(c2)oc2cc4cc5oc6cc(N(c7ccc(C(C)(C)C)cc7)c7ccc8c(c7)oc7ccc9ccccc9c78)ccc6c5cc4cc23)c2ccc3c(c2)oc2ccc4ccccc4c23)cc1. The highest BCUT2D eigenvalue weighted by Gasteiger charge is 2.23. The zero-order valence-electron chi connectivity index (χ0n) is 45.3. The lowest BCUT2D eigenvalue weighted by Crippen LogP contribution is -2.13. The lowest BCUT2D eigenvalue weighted by molar-refractivity contribution is 0.590. The Bertz CT molecular complexity index is 4890. The summed E-state index contributed by atoms with van der Waals surface area (Å²) in [7, 11) is 0. The molecule has 0 aliphatic rings. The summed E-state index contributed by atoms with van der Waals surface area (Å²) in [6, 6.07) is 78.5. The molecule has 0 aliphatic carbocycles. The van der Waals surface area contributed by atoms with Crippen LogP contribution in [-0.2, 0) is 10.8 Å². The minimum atomic E-state index is 0.0161. The molecule has 16 rings (SSSR count). The van der Waals surface area contributed by atoms with Gasteiger partial charge in [0.2, 0.25) is 0 Å². The molecule has 0 atom stereocenters. The molecular weight excluding hydrogens is 981 g/mol. The van der Waals surface area contributed by atoms with Gasteiger partial charge in [-0.1, -0.05) is 126 Å². The minimum Gasteiger partial charge on any atom is -0.456 e. The van der Waals surface area contributed by atoms with Gasteiger partial charge in [0.05, 0.1) is 0 Å². The fraction of sp³-hybridized carbons (Fsp3) is 0.108. The number of hydrogen-bond donors (Lipinski definition) is 0. The fourth-order valence-corrected chi connectivity index (χ4v) is 12.5. The first-order valence-corrected chi connectivity index (χ1v) is 27.6. The number of rotatable bonds is 6. The Balaban J connectivity index is 0.787. The summed E-state index contributed by atoms with van der Waals surface area (Å²) in [4.78, 5) is 4.60. The summed E-state index contributed by atoms with van der Waals surface area (Å²) in [5, 5.41) is 15.6. The number of fused-ring (bicyclic) bond motifs is 17. The van der Waals surface area contributed by atoms with Gasteiger partial charge in [0.1, 0.15) is 44.7 Å². The average molecular weight is 1040 g/mol. The molecule has 0 N–H and O–H groups in total. The van der Waals surface area contributed by atoms with Crippen LogP contribution in [0.5, 0.6) is 0 Å². The van der Waals surface area contributed by atoms with Gasteiger partial charge in [-0.15, -0.1) is 0 Å². The van der Waals surface area contributed by atoms with Crippen molar-refractivity contribution in [1.82, 2.24) is 0 Å². The molecule has 0 bridgehead atoms. The van der Waals surface area contributed by atoms with Crippen molar-refractivity contribution in [1.29, 1.82) is 0 Å². The second-order valence-corrected chi connectivity index (χ2v) is 23.8. The van der Waals surface area contributed by atoms with Gasteiger partial charge >= 0.3 is 0 Å². The molecule has 0 saturated heterocycles. The molecular formula is C74H54N2O4.